The molecule has 0 aliphatic heterocycles. The van der Waals surface area contributed by atoms with Crippen molar-refractivity contribution in [2.24, 2.45) is 0 Å². The minimum atomic E-state index is -0.240. The Kier molecular flexibility index (Phi) is 5.58. The standard InChI is InChI=1S/C17H22FNO/c1-19(17-7-2-3-8-17)13-15-10-14(6-4-5-9-20)11-16(18)12-15/h10-12,17,20H,2-3,5,7-9,13H2,1H3. The largest absolute Gasteiger partial charge is 0.395 e. The van der Waals surface area contributed by atoms with Crippen LogP contribution < -0.4 is 0 Å². The number of hydrogen-bond acceptors (Lipinski definition) is 2. The first-order valence-electron chi connectivity index (χ1n) is 7.28. The fourth-order valence-corrected chi connectivity index (χ4v) is 2.80. The van der Waals surface area contributed by atoms with E-state index in [-0.39, 0.29) is 12.4 Å². The Hall–Kier alpha value is -1.37. The van der Waals surface area contributed by atoms with Crippen LogP contribution in [0.2, 0.25) is 0 Å². The third-order valence-corrected chi connectivity index (χ3v) is 3.81. The van der Waals surface area contributed by atoms with E-state index in [2.05, 4.69) is 23.8 Å². The van der Waals surface area contributed by atoms with Crippen molar-refractivity contribution < 1.29 is 9.50 Å². The monoisotopic (exact) mass is 275 g/mol. The summed E-state index contributed by atoms with van der Waals surface area (Å²) >= 11 is 0. The minimum absolute atomic E-state index is 0.0413. The van der Waals surface area contributed by atoms with Gasteiger partial charge >= 0.3 is 0 Å². The van der Waals surface area contributed by atoms with Gasteiger partial charge in [-0.15, -0.1) is 0 Å². The molecule has 0 unspecified atom stereocenters. The van der Waals surface area contributed by atoms with Crippen molar-refractivity contribution in [3.63, 3.8) is 0 Å². The number of nitrogens with zero attached hydrogens (tertiary/aromatic N) is 1. The molecule has 1 aliphatic rings. The van der Waals surface area contributed by atoms with E-state index >= 15 is 0 Å². The molecule has 1 N–H and O–H groups in total. The van der Waals surface area contributed by atoms with Gasteiger partial charge in [-0.1, -0.05) is 24.7 Å². The third-order valence-electron chi connectivity index (χ3n) is 3.81. The van der Waals surface area contributed by atoms with Crippen molar-refractivity contribution in [1.29, 1.82) is 0 Å². The summed E-state index contributed by atoms with van der Waals surface area (Å²) in [6, 6.07) is 5.60. The van der Waals surface area contributed by atoms with Gasteiger partial charge in [-0.05, 0) is 43.7 Å². The number of aliphatic hydroxyl groups is 1. The summed E-state index contributed by atoms with van der Waals surface area (Å²) < 4.78 is 13.6. The molecule has 0 amide bonds. The van der Waals surface area contributed by atoms with Gasteiger partial charge in [0.15, 0.2) is 0 Å². The Morgan fingerprint density at radius 3 is 2.75 bits per heavy atom. The van der Waals surface area contributed by atoms with Crippen molar-refractivity contribution in [3.05, 3.63) is 35.1 Å². The average molecular weight is 275 g/mol. The topological polar surface area (TPSA) is 23.5 Å². The second-order valence-electron chi connectivity index (χ2n) is 5.48. The summed E-state index contributed by atoms with van der Waals surface area (Å²) in [7, 11) is 2.11. The molecule has 0 bridgehead atoms. The van der Waals surface area contributed by atoms with Gasteiger partial charge in [0.25, 0.3) is 0 Å². The molecule has 0 radical (unpaired) electrons. The summed E-state index contributed by atoms with van der Waals surface area (Å²) in [6.45, 7) is 0.802. The van der Waals surface area contributed by atoms with Crippen LogP contribution in [-0.2, 0) is 6.54 Å². The lowest BCUT2D eigenvalue weighted by molar-refractivity contribution is 0.237. The summed E-state index contributed by atoms with van der Waals surface area (Å²) in [5.74, 6) is 5.49. The van der Waals surface area contributed by atoms with E-state index < -0.39 is 0 Å². The van der Waals surface area contributed by atoms with Crippen molar-refractivity contribution in [2.45, 2.75) is 44.7 Å². The Labute approximate surface area is 120 Å². The van der Waals surface area contributed by atoms with Gasteiger partial charge in [-0.3, -0.25) is 4.90 Å². The van der Waals surface area contributed by atoms with Crippen molar-refractivity contribution >= 4 is 0 Å². The molecule has 1 aromatic rings. The Balaban J connectivity index is 2.05. The lowest BCUT2D eigenvalue weighted by atomic mass is 10.1. The molecule has 3 heteroatoms. The minimum Gasteiger partial charge on any atom is -0.395 e. The van der Waals surface area contributed by atoms with Gasteiger partial charge in [0.2, 0.25) is 0 Å². The number of benzene rings is 1. The highest BCUT2D eigenvalue weighted by molar-refractivity contribution is 5.37. The molecular formula is C17H22FNO. The van der Waals surface area contributed by atoms with Crippen LogP contribution in [-0.4, -0.2) is 29.7 Å². The lowest BCUT2D eigenvalue weighted by Crippen LogP contribution is -2.28. The first-order valence-corrected chi connectivity index (χ1v) is 7.28. The molecule has 1 saturated carbocycles. The number of hydrogen-bond donors (Lipinski definition) is 1. The summed E-state index contributed by atoms with van der Waals surface area (Å²) in [6.07, 6.45) is 5.52. The van der Waals surface area contributed by atoms with Crippen LogP contribution in [0.25, 0.3) is 0 Å². The van der Waals surface area contributed by atoms with Crippen LogP contribution in [0, 0.1) is 17.7 Å². The molecule has 0 spiro atoms. The number of rotatable bonds is 4. The average Bonchev–Trinajstić information content (AvgIpc) is 2.92. The molecule has 20 heavy (non-hydrogen) atoms. The second kappa shape index (κ2) is 7.42. The normalized spacial score (nSPS) is 15.4. The van der Waals surface area contributed by atoms with Crippen LogP contribution in [0.15, 0.2) is 18.2 Å². The van der Waals surface area contributed by atoms with Crippen LogP contribution in [0.1, 0.15) is 43.2 Å². The van der Waals surface area contributed by atoms with Crippen LogP contribution in [0.4, 0.5) is 4.39 Å². The lowest BCUT2D eigenvalue weighted by Gasteiger charge is -2.24. The molecule has 0 heterocycles. The smallest absolute Gasteiger partial charge is 0.124 e. The van der Waals surface area contributed by atoms with Crippen LogP contribution in [0.5, 0.6) is 0 Å². The second-order valence-corrected chi connectivity index (χ2v) is 5.48. The van der Waals surface area contributed by atoms with Crippen LogP contribution >= 0.6 is 0 Å². The van der Waals surface area contributed by atoms with E-state index in [0.29, 0.717) is 18.0 Å². The van der Waals surface area contributed by atoms with Crippen molar-refractivity contribution in [1.82, 2.24) is 4.90 Å². The maximum absolute atomic E-state index is 13.6. The zero-order chi connectivity index (χ0) is 14.4. The Morgan fingerprint density at radius 1 is 1.30 bits per heavy atom. The highest BCUT2D eigenvalue weighted by Crippen LogP contribution is 2.24. The molecular weight excluding hydrogens is 253 g/mol. The maximum Gasteiger partial charge on any atom is 0.124 e. The van der Waals surface area contributed by atoms with Gasteiger partial charge in [-0.2, -0.15) is 0 Å². The van der Waals surface area contributed by atoms with E-state index in [9.17, 15) is 4.39 Å². The molecule has 0 saturated heterocycles. The molecule has 0 aromatic heterocycles. The Bertz CT molecular complexity index is 497. The van der Waals surface area contributed by atoms with Gasteiger partial charge in [-0.25, -0.2) is 4.39 Å². The number of aliphatic hydroxyl groups excluding tert-OH is 1. The van der Waals surface area contributed by atoms with Gasteiger partial charge in [0.1, 0.15) is 5.82 Å². The zero-order valence-electron chi connectivity index (χ0n) is 12.0. The Morgan fingerprint density at radius 2 is 2.05 bits per heavy atom. The summed E-state index contributed by atoms with van der Waals surface area (Å²) in [5, 5.41) is 8.71. The molecule has 2 rings (SSSR count). The molecule has 108 valence electrons. The van der Waals surface area contributed by atoms with E-state index in [1.165, 1.54) is 31.7 Å². The fourth-order valence-electron chi connectivity index (χ4n) is 2.80. The fraction of sp³-hybridized carbons (Fsp3) is 0.529. The van der Waals surface area contributed by atoms with E-state index in [4.69, 9.17) is 5.11 Å². The third kappa shape index (κ3) is 4.33. The van der Waals surface area contributed by atoms with E-state index in [1.54, 1.807) is 6.07 Å². The SMILES string of the molecule is CN(Cc1cc(F)cc(C#CCCO)c1)C1CCCC1. The predicted octanol–water partition coefficient (Wildman–Crippen LogP) is 2.93. The maximum atomic E-state index is 13.6. The summed E-state index contributed by atoms with van der Waals surface area (Å²) in [4.78, 5) is 2.31. The molecule has 1 aliphatic carbocycles. The van der Waals surface area contributed by atoms with E-state index in [1.807, 2.05) is 6.07 Å². The number of halogens is 1. The molecule has 1 aromatic carbocycles. The first kappa shape index (κ1) is 15.0. The quantitative estimate of drug-likeness (QED) is 0.854. The van der Waals surface area contributed by atoms with E-state index in [0.717, 1.165) is 12.1 Å². The van der Waals surface area contributed by atoms with Gasteiger partial charge < -0.3 is 5.11 Å². The zero-order valence-corrected chi connectivity index (χ0v) is 12.0. The molecule has 0 atom stereocenters. The summed E-state index contributed by atoms with van der Waals surface area (Å²) in [5.41, 5.74) is 1.65. The molecule has 1 fully saturated rings. The highest BCUT2D eigenvalue weighted by atomic mass is 19.1. The van der Waals surface area contributed by atoms with Gasteiger partial charge in [0.05, 0.1) is 6.61 Å². The first-order chi connectivity index (χ1) is 9.69. The van der Waals surface area contributed by atoms with Crippen LogP contribution in [0.3, 0.4) is 0 Å². The van der Waals surface area contributed by atoms with Gasteiger partial charge in [0, 0.05) is 24.6 Å². The predicted molar refractivity (Wildman–Crippen MR) is 78.7 cm³/mol. The highest BCUT2D eigenvalue weighted by Gasteiger charge is 2.19. The van der Waals surface area contributed by atoms with Crippen molar-refractivity contribution in [2.75, 3.05) is 13.7 Å². The molecule has 2 nitrogen and oxygen atoms in total. The van der Waals surface area contributed by atoms with Crippen molar-refractivity contribution in [3.8, 4) is 11.8 Å².